The minimum atomic E-state index is -1.22. The SMILES string of the molecule is Cc1ccc(C(=O)C2=C(O)C(=O)N(c3nc4cc(Cl)ccc4s3)[C@@H]2c2ccccc2F)o1. The first-order chi connectivity index (χ1) is 15.3. The Morgan fingerprint density at radius 3 is 2.72 bits per heavy atom. The standard InChI is InChI=1S/C23H14ClFN2O4S/c1-11-6-8-16(31-11)20(28)18-19(13-4-2-3-5-14(13)25)27(22(30)21(18)29)23-26-15-10-12(24)7-9-17(15)32-23/h2-10,19,29H,1H3/t19-/m1/s1. The molecular weight excluding hydrogens is 455 g/mol. The molecule has 6 nitrogen and oxygen atoms in total. The smallest absolute Gasteiger partial charge is 0.296 e. The van der Waals surface area contributed by atoms with E-state index in [2.05, 4.69) is 4.98 Å². The number of hydrogen-bond donors (Lipinski definition) is 1. The molecule has 5 rings (SSSR count). The first-order valence-corrected chi connectivity index (χ1v) is 10.7. The van der Waals surface area contributed by atoms with Crippen LogP contribution in [0.5, 0.6) is 0 Å². The fourth-order valence-electron chi connectivity index (χ4n) is 3.71. The van der Waals surface area contributed by atoms with Crippen molar-refractivity contribution in [3.8, 4) is 0 Å². The molecule has 1 aliphatic rings. The van der Waals surface area contributed by atoms with E-state index in [1.807, 2.05) is 0 Å². The number of carbonyl (C=O) groups excluding carboxylic acids is 2. The van der Waals surface area contributed by atoms with Crippen LogP contribution in [0.15, 0.2) is 70.3 Å². The molecule has 3 heterocycles. The summed E-state index contributed by atoms with van der Waals surface area (Å²) in [6.07, 6.45) is 0. The van der Waals surface area contributed by atoms with Crippen LogP contribution in [0.4, 0.5) is 9.52 Å². The highest BCUT2D eigenvalue weighted by atomic mass is 35.5. The van der Waals surface area contributed by atoms with Gasteiger partial charge in [0, 0.05) is 10.6 Å². The Balaban J connectivity index is 1.70. The zero-order chi connectivity index (χ0) is 22.6. The Bertz CT molecular complexity index is 1440. The quantitative estimate of drug-likeness (QED) is 0.384. The normalized spacial score (nSPS) is 16.4. The maximum absolute atomic E-state index is 14.9. The second-order valence-corrected chi connectivity index (χ2v) is 8.65. The molecule has 0 fully saturated rings. The van der Waals surface area contributed by atoms with Crippen LogP contribution in [0.25, 0.3) is 10.2 Å². The minimum Gasteiger partial charge on any atom is -0.503 e. The van der Waals surface area contributed by atoms with Gasteiger partial charge in [-0.3, -0.25) is 14.5 Å². The lowest BCUT2D eigenvalue weighted by Gasteiger charge is -2.24. The van der Waals surface area contributed by atoms with Crippen LogP contribution in [0.2, 0.25) is 5.02 Å². The maximum atomic E-state index is 14.9. The molecule has 1 aliphatic heterocycles. The average Bonchev–Trinajstić information content (AvgIpc) is 3.44. The Kier molecular flexibility index (Phi) is 4.83. The number of amides is 1. The third-order valence-electron chi connectivity index (χ3n) is 5.16. The molecule has 1 atom stereocenters. The van der Waals surface area contributed by atoms with Crippen LogP contribution in [0.1, 0.15) is 27.9 Å². The first-order valence-electron chi connectivity index (χ1n) is 9.53. The molecule has 0 aliphatic carbocycles. The van der Waals surface area contributed by atoms with Gasteiger partial charge in [-0.2, -0.15) is 0 Å². The molecule has 0 spiro atoms. The van der Waals surface area contributed by atoms with Gasteiger partial charge in [0.05, 0.1) is 15.8 Å². The summed E-state index contributed by atoms with van der Waals surface area (Å²) in [4.78, 5) is 32.0. The second-order valence-electron chi connectivity index (χ2n) is 7.21. The van der Waals surface area contributed by atoms with Crippen LogP contribution in [0.3, 0.4) is 0 Å². The molecule has 4 aromatic rings. The summed E-state index contributed by atoms with van der Waals surface area (Å²) in [7, 11) is 0. The van der Waals surface area contributed by atoms with Crippen molar-refractivity contribution in [3.63, 3.8) is 0 Å². The van der Waals surface area contributed by atoms with E-state index in [1.54, 1.807) is 37.3 Å². The molecule has 1 amide bonds. The topological polar surface area (TPSA) is 83.6 Å². The van der Waals surface area contributed by atoms with Crippen LogP contribution in [-0.2, 0) is 4.79 Å². The molecule has 9 heteroatoms. The number of aromatic nitrogens is 1. The Morgan fingerprint density at radius 1 is 1.22 bits per heavy atom. The summed E-state index contributed by atoms with van der Waals surface area (Å²) in [5.41, 5.74) is 0.319. The van der Waals surface area contributed by atoms with Gasteiger partial charge in [-0.15, -0.1) is 0 Å². The molecule has 32 heavy (non-hydrogen) atoms. The fourth-order valence-corrected chi connectivity index (χ4v) is 4.85. The molecule has 1 N–H and O–H groups in total. The number of anilines is 1. The van der Waals surface area contributed by atoms with Crippen LogP contribution in [0, 0.1) is 12.7 Å². The maximum Gasteiger partial charge on any atom is 0.296 e. The molecule has 0 unspecified atom stereocenters. The molecule has 0 saturated heterocycles. The van der Waals surface area contributed by atoms with E-state index in [4.69, 9.17) is 16.0 Å². The van der Waals surface area contributed by atoms with Gasteiger partial charge in [0.15, 0.2) is 16.7 Å². The minimum absolute atomic E-state index is 0.0498. The Hall–Kier alpha value is -3.49. The van der Waals surface area contributed by atoms with E-state index in [-0.39, 0.29) is 22.0 Å². The number of aryl methyl sites for hydroxylation is 1. The molecule has 2 aromatic heterocycles. The number of hydrogen-bond acceptors (Lipinski definition) is 6. The molecule has 0 saturated carbocycles. The summed E-state index contributed by atoms with van der Waals surface area (Å²) in [6.45, 7) is 1.66. The molecule has 160 valence electrons. The van der Waals surface area contributed by atoms with E-state index in [1.165, 1.54) is 35.6 Å². The number of Topliss-reactive ketones (excluding diaryl/α,β-unsaturated/α-hetero) is 1. The number of thiazole rings is 1. The van der Waals surface area contributed by atoms with Gasteiger partial charge in [0.1, 0.15) is 17.6 Å². The zero-order valence-electron chi connectivity index (χ0n) is 16.5. The van der Waals surface area contributed by atoms with Crippen LogP contribution >= 0.6 is 22.9 Å². The van der Waals surface area contributed by atoms with E-state index < -0.39 is 29.3 Å². The van der Waals surface area contributed by atoms with Gasteiger partial charge in [-0.25, -0.2) is 9.37 Å². The number of rotatable bonds is 4. The summed E-state index contributed by atoms with van der Waals surface area (Å²) in [5, 5.41) is 11.4. The Morgan fingerprint density at radius 2 is 2.00 bits per heavy atom. The Labute approximate surface area is 190 Å². The lowest BCUT2D eigenvalue weighted by atomic mass is 9.95. The van der Waals surface area contributed by atoms with E-state index in [9.17, 15) is 19.1 Å². The summed E-state index contributed by atoms with van der Waals surface area (Å²) in [5.74, 6) is -2.53. The second kappa shape index (κ2) is 7.58. The fraction of sp³-hybridized carbons (Fsp3) is 0.0870. The van der Waals surface area contributed by atoms with Crippen molar-refractivity contribution < 1.29 is 23.5 Å². The molecule has 0 radical (unpaired) electrons. The van der Waals surface area contributed by atoms with Crippen molar-refractivity contribution in [1.82, 2.24) is 4.98 Å². The lowest BCUT2D eigenvalue weighted by Crippen LogP contribution is -2.31. The highest BCUT2D eigenvalue weighted by Gasteiger charge is 2.47. The monoisotopic (exact) mass is 468 g/mol. The number of benzene rings is 2. The van der Waals surface area contributed by atoms with Gasteiger partial charge >= 0.3 is 0 Å². The summed E-state index contributed by atoms with van der Waals surface area (Å²) < 4.78 is 21.0. The highest BCUT2D eigenvalue weighted by Crippen LogP contribution is 2.45. The van der Waals surface area contributed by atoms with Crippen molar-refractivity contribution in [2.24, 2.45) is 0 Å². The molecule has 2 aromatic carbocycles. The zero-order valence-corrected chi connectivity index (χ0v) is 18.1. The molecule has 0 bridgehead atoms. The number of aliphatic hydroxyl groups excluding tert-OH is 1. The third-order valence-corrected chi connectivity index (χ3v) is 6.43. The van der Waals surface area contributed by atoms with Crippen LogP contribution in [-0.4, -0.2) is 21.8 Å². The predicted molar refractivity (Wildman–Crippen MR) is 119 cm³/mol. The molecular formula is C23H14ClFN2O4S. The van der Waals surface area contributed by atoms with Gasteiger partial charge in [-0.05, 0) is 43.3 Å². The van der Waals surface area contributed by atoms with Gasteiger partial charge in [0.2, 0.25) is 5.78 Å². The largest absolute Gasteiger partial charge is 0.503 e. The third kappa shape index (κ3) is 3.19. The van der Waals surface area contributed by atoms with Gasteiger partial charge < -0.3 is 9.52 Å². The van der Waals surface area contributed by atoms with E-state index in [0.29, 0.717) is 16.3 Å². The summed E-state index contributed by atoms with van der Waals surface area (Å²) in [6, 6.07) is 12.7. The van der Waals surface area contributed by atoms with E-state index >= 15 is 0 Å². The average molecular weight is 469 g/mol. The summed E-state index contributed by atoms with van der Waals surface area (Å²) >= 11 is 7.22. The van der Waals surface area contributed by atoms with E-state index in [0.717, 1.165) is 9.60 Å². The van der Waals surface area contributed by atoms with Crippen molar-refractivity contribution in [2.75, 3.05) is 4.90 Å². The number of aliphatic hydroxyl groups is 1. The van der Waals surface area contributed by atoms with Gasteiger partial charge in [-0.1, -0.05) is 41.1 Å². The number of furan rings is 1. The highest BCUT2D eigenvalue weighted by molar-refractivity contribution is 7.22. The number of halogens is 2. The number of ketones is 1. The van der Waals surface area contributed by atoms with Crippen LogP contribution < -0.4 is 4.90 Å². The van der Waals surface area contributed by atoms with Crippen molar-refractivity contribution in [2.45, 2.75) is 13.0 Å². The number of nitrogens with zero attached hydrogens (tertiary/aromatic N) is 2. The van der Waals surface area contributed by atoms with Crippen molar-refractivity contribution >= 4 is 50.0 Å². The lowest BCUT2D eigenvalue weighted by molar-refractivity contribution is -0.117. The number of fused-ring (bicyclic) bond motifs is 1. The number of carbonyl (C=O) groups is 2. The van der Waals surface area contributed by atoms with Crippen molar-refractivity contribution in [3.05, 3.63) is 93.9 Å². The first kappa shape index (κ1) is 20.4. The van der Waals surface area contributed by atoms with Crippen molar-refractivity contribution in [1.29, 1.82) is 0 Å². The predicted octanol–water partition coefficient (Wildman–Crippen LogP) is 5.77. The van der Waals surface area contributed by atoms with Gasteiger partial charge in [0.25, 0.3) is 5.91 Å².